The fraction of sp³-hybridized carbons (Fsp3) is 0.889. The van der Waals surface area contributed by atoms with Gasteiger partial charge in [0.1, 0.15) is 5.41 Å². The summed E-state index contributed by atoms with van der Waals surface area (Å²) in [5.74, 6) is 0.952. The summed E-state index contributed by atoms with van der Waals surface area (Å²) < 4.78 is 5.97. The zero-order valence-electron chi connectivity index (χ0n) is 13.9. The van der Waals surface area contributed by atoms with E-state index >= 15 is 0 Å². The Balaban J connectivity index is 1.46. The fourth-order valence-corrected chi connectivity index (χ4v) is 4.64. The molecule has 2 aliphatic heterocycles. The van der Waals surface area contributed by atoms with Gasteiger partial charge in [0.05, 0.1) is 24.8 Å². The van der Waals surface area contributed by atoms with E-state index in [1.165, 1.54) is 12.8 Å². The van der Waals surface area contributed by atoms with Gasteiger partial charge in [0.25, 0.3) is 0 Å². The van der Waals surface area contributed by atoms with Crippen molar-refractivity contribution in [1.29, 1.82) is 5.26 Å². The maximum Gasteiger partial charge on any atom is 0.243 e. The van der Waals surface area contributed by atoms with Gasteiger partial charge in [-0.25, -0.2) is 0 Å². The van der Waals surface area contributed by atoms with Crippen LogP contribution in [-0.2, 0) is 9.53 Å². The predicted molar refractivity (Wildman–Crippen MR) is 85.5 cm³/mol. The third-order valence-electron chi connectivity index (χ3n) is 6.26. The first-order chi connectivity index (χ1) is 11.2. The Morgan fingerprint density at radius 3 is 2.70 bits per heavy atom. The zero-order valence-corrected chi connectivity index (χ0v) is 13.9. The molecule has 1 amide bonds. The minimum Gasteiger partial charge on any atom is -0.375 e. The molecule has 0 aromatic heterocycles. The fourth-order valence-electron chi connectivity index (χ4n) is 4.64. The molecule has 5 nitrogen and oxygen atoms in total. The van der Waals surface area contributed by atoms with Gasteiger partial charge in [0.15, 0.2) is 0 Å². The van der Waals surface area contributed by atoms with Gasteiger partial charge in [-0.15, -0.1) is 0 Å². The molecule has 0 aromatic rings. The number of hydrogen-bond donors (Lipinski definition) is 0. The summed E-state index contributed by atoms with van der Waals surface area (Å²) >= 11 is 0. The Kier molecular flexibility index (Phi) is 4.07. The molecule has 2 saturated carbocycles. The number of piperidine rings is 1. The van der Waals surface area contributed by atoms with Crippen LogP contribution >= 0.6 is 0 Å². The smallest absolute Gasteiger partial charge is 0.243 e. The van der Waals surface area contributed by atoms with E-state index in [1.54, 1.807) is 0 Å². The summed E-state index contributed by atoms with van der Waals surface area (Å²) in [4.78, 5) is 17.5. The van der Waals surface area contributed by atoms with Crippen molar-refractivity contribution in [2.75, 3.05) is 32.8 Å². The maximum absolute atomic E-state index is 13.0. The third kappa shape index (κ3) is 2.88. The molecule has 2 saturated heterocycles. The molecule has 0 radical (unpaired) electrons. The molecule has 4 fully saturated rings. The SMILES string of the molecule is N#CC1(C(=O)N2CC[C@@H]3OCCN(CC4CC4)[C@H]3C2)CCCC1. The van der Waals surface area contributed by atoms with Crippen molar-refractivity contribution in [2.45, 2.75) is 57.1 Å². The highest BCUT2D eigenvalue weighted by atomic mass is 16.5. The van der Waals surface area contributed by atoms with E-state index in [0.717, 1.165) is 70.8 Å². The van der Waals surface area contributed by atoms with Crippen LogP contribution in [0.15, 0.2) is 0 Å². The van der Waals surface area contributed by atoms with Crippen molar-refractivity contribution in [3.8, 4) is 6.07 Å². The summed E-state index contributed by atoms with van der Waals surface area (Å²) in [6.07, 6.45) is 7.41. The summed E-state index contributed by atoms with van der Waals surface area (Å²) in [6.45, 7) is 4.48. The van der Waals surface area contributed by atoms with E-state index in [4.69, 9.17) is 4.74 Å². The Morgan fingerprint density at radius 2 is 2.00 bits per heavy atom. The second kappa shape index (κ2) is 6.07. The van der Waals surface area contributed by atoms with E-state index in [2.05, 4.69) is 11.0 Å². The number of nitriles is 1. The maximum atomic E-state index is 13.0. The van der Waals surface area contributed by atoms with E-state index < -0.39 is 5.41 Å². The Hall–Kier alpha value is -1.12. The van der Waals surface area contributed by atoms with Crippen molar-refractivity contribution in [3.05, 3.63) is 0 Å². The number of carbonyl (C=O) groups is 1. The first-order valence-corrected chi connectivity index (χ1v) is 9.28. The number of nitrogens with zero attached hydrogens (tertiary/aromatic N) is 3. The van der Waals surface area contributed by atoms with Crippen LogP contribution in [0.5, 0.6) is 0 Å². The molecule has 0 spiro atoms. The minimum atomic E-state index is -0.732. The molecule has 0 unspecified atom stereocenters. The first-order valence-electron chi connectivity index (χ1n) is 9.28. The molecular formula is C18H27N3O2. The van der Waals surface area contributed by atoms with Crippen LogP contribution in [0.4, 0.5) is 0 Å². The Bertz CT molecular complexity index is 505. The van der Waals surface area contributed by atoms with Gasteiger partial charge in [-0.3, -0.25) is 9.69 Å². The molecule has 2 atom stereocenters. The normalized spacial score (nSPS) is 34.0. The summed E-state index contributed by atoms with van der Waals surface area (Å²) in [6, 6.07) is 2.70. The number of hydrogen-bond acceptors (Lipinski definition) is 4. The lowest BCUT2D eigenvalue weighted by Gasteiger charge is -2.48. The van der Waals surface area contributed by atoms with Gasteiger partial charge in [-0.2, -0.15) is 5.26 Å². The van der Waals surface area contributed by atoms with Gasteiger partial charge >= 0.3 is 0 Å². The lowest BCUT2D eigenvalue weighted by atomic mass is 9.85. The monoisotopic (exact) mass is 317 g/mol. The van der Waals surface area contributed by atoms with Crippen LogP contribution in [0.3, 0.4) is 0 Å². The number of ether oxygens (including phenoxy) is 1. The molecule has 0 aromatic carbocycles. The Labute approximate surface area is 138 Å². The number of likely N-dealkylation sites (tertiary alicyclic amines) is 1. The van der Waals surface area contributed by atoms with Gasteiger partial charge in [0, 0.05) is 26.2 Å². The third-order valence-corrected chi connectivity index (χ3v) is 6.26. The number of fused-ring (bicyclic) bond motifs is 1. The second-order valence-corrected chi connectivity index (χ2v) is 7.86. The molecular weight excluding hydrogens is 290 g/mol. The topological polar surface area (TPSA) is 56.6 Å². The van der Waals surface area contributed by atoms with Gasteiger partial charge < -0.3 is 9.64 Å². The van der Waals surface area contributed by atoms with Crippen molar-refractivity contribution in [3.63, 3.8) is 0 Å². The van der Waals surface area contributed by atoms with Crippen molar-refractivity contribution in [1.82, 2.24) is 9.80 Å². The van der Waals surface area contributed by atoms with Crippen LogP contribution in [0.1, 0.15) is 44.9 Å². The van der Waals surface area contributed by atoms with E-state index in [0.29, 0.717) is 6.04 Å². The van der Waals surface area contributed by atoms with Crippen LogP contribution in [-0.4, -0.2) is 60.6 Å². The summed E-state index contributed by atoms with van der Waals surface area (Å²) in [7, 11) is 0. The largest absolute Gasteiger partial charge is 0.375 e. The number of carbonyl (C=O) groups excluding carboxylic acids is 1. The zero-order chi connectivity index (χ0) is 15.9. The summed E-state index contributed by atoms with van der Waals surface area (Å²) in [5.41, 5.74) is -0.732. The van der Waals surface area contributed by atoms with Crippen molar-refractivity contribution in [2.24, 2.45) is 11.3 Å². The number of morpholine rings is 1. The van der Waals surface area contributed by atoms with Gasteiger partial charge in [-0.1, -0.05) is 12.8 Å². The highest BCUT2D eigenvalue weighted by Gasteiger charge is 2.47. The molecule has 126 valence electrons. The van der Waals surface area contributed by atoms with Crippen LogP contribution < -0.4 is 0 Å². The second-order valence-electron chi connectivity index (χ2n) is 7.86. The van der Waals surface area contributed by atoms with Crippen molar-refractivity contribution < 1.29 is 9.53 Å². The molecule has 2 heterocycles. The lowest BCUT2D eigenvalue weighted by Crippen LogP contribution is -2.62. The molecule has 23 heavy (non-hydrogen) atoms. The van der Waals surface area contributed by atoms with E-state index in [-0.39, 0.29) is 12.0 Å². The standard InChI is InChI=1S/C18H27N3O2/c19-13-18(6-1-2-7-18)17(22)21-8-5-16-15(12-21)20(9-10-23-16)11-14-3-4-14/h14-16H,1-12H2/t15-,16-/m0/s1. The van der Waals surface area contributed by atoms with Gasteiger partial charge in [-0.05, 0) is 38.0 Å². The average molecular weight is 317 g/mol. The summed E-state index contributed by atoms with van der Waals surface area (Å²) in [5, 5.41) is 9.60. The molecule has 4 rings (SSSR count). The molecule has 0 N–H and O–H groups in total. The van der Waals surface area contributed by atoms with Crippen LogP contribution in [0.2, 0.25) is 0 Å². The van der Waals surface area contributed by atoms with Crippen LogP contribution in [0, 0.1) is 22.7 Å². The quantitative estimate of drug-likeness (QED) is 0.796. The number of rotatable bonds is 3. The highest BCUT2D eigenvalue weighted by molar-refractivity contribution is 5.86. The highest BCUT2D eigenvalue weighted by Crippen LogP contribution is 2.40. The molecule has 4 aliphatic rings. The van der Waals surface area contributed by atoms with E-state index in [1.807, 2.05) is 4.90 Å². The van der Waals surface area contributed by atoms with Crippen LogP contribution in [0.25, 0.3) is 0 Å². The number of amides is 1. The lowest BCUT2D eigenvalue weighted by molar-refractivity contribution is -0.150. The minimum absolute atomic E-state index is 0.0906. The van der Waals surface area contributed by atoms with E-state index in [9.17, 15) is 10.1 Å². The first kappa shape index (κ1) is 15.4. The molecule has 0 bridgehead atoms. The average Bonchev–Trinajstić information content (AvgIpc) is 3.27. The predicted octanol–water partition coefficient (Wildman–Crippen LogP) is 1.78. The molecule has 2 aliphatic carbocycles. The van der Waals surface area contributed by atoms with Gasteiger partial charge in [0.2, 0.25) is 5.91 Å². The Morgan fingerprint density at radius 1 is 1.22 bits per heavy atom. The molecule has 5 heteroatoms. The van der Waals surface area contributed by atoms with Crippen molar-refractivity contribution >= 4 is 5.91 Å².